The van der Waals surface area contributed by atoms with E-state index in [9.17, 15) is 4.79 Å². The first-order valence-electron chi connectivity index (χ1n) is 6.43. The van der Waals surface area contributed by atoms with Crippen molar-refractivity contribution >= 4 is 6.09 Å². The van der Waals surface area contributed by atoms with E-state index in [2.05, 4.69) is 4.98 Å². The van der Waals surface area contributed by atoms with E-state index in [1.165, 1.54) is 0 Å². The van der Waals surface area contributed by atoms with E-state index in [0.717, 1.165) is 5.75 Å². The maximum absolute atomic E-state index is 11.9. The lowest BCUT2D eigenvalue weighted by Crippen LogP contribution is -2.63. The number of hydrogen-bond acceptors (Lipinski definition) is 4. The van der Waals surface area contributed by atoms with Gasteiger partial charge in [0.1, 0.15) is 17.5 Å². The zero-order chi connectivity index (χ0) is 14.0. The highest BCUT2D eigenvalue weighted by Crippen LogP contribution is 2.25. The summed E-state index contributed by atoms with van der Waals surface area (Å²) in [6.45, 7) is 8.08. The number of rotatable bonds is 2. The molecule has 0 bridgehead atoms. The highest BCUT2D eigenvalue weighted by atomic mass is 16.6. The molecule has 0 saturated carbocycles. The fourth-order valence-electron chi connectivity index (χ4n) is 1.86. The molecular weight excluding hydrogens is 244 g/mol. The molecule has 0 unspecified atom stereocenters. The van der Waals surface area contributed by atoms with Crippen molar-refractivity contribution in [2.75, 3.05) is 6.54 Å². The third kappa shape index (κ3) is 3.36. The van der Waals surface area contributed by atoms with E-state index in [0.29, 0.717) is 6.54 Å². The van der Waals surface area contributed by atoms with Gasteiger partial charge in [-0.2, -0.15) is 0 Å². The Morgan fingerprint density at radius 2 is 2.21 bits per heavy atom. The van der Waals surface area contributed by atoms with Crippen molar-refractivity contribution in [3.05, 3.63) is 24.5 Å². The Morgan fingerprint density at radius 3 is 2.74 bits per heavy atom. The monoisotopic (exact) mass is 264 g/mol. The highest BCUT2D eigenvalue weighted by Gasteiger charge is 2.42. The van der Waals surface area contributed by atoms with Gasteiger partial charge in [0.05, 0.1) is 18.8 Å². The number of carbonyl (C=O) groups excluding carboxylic acids is 1. The molecular formula is C14H20N2O3. The molecule has 2 atom stereocenters. The van der Waals surface area contributed by atoms with E-state index >= 15 is 0 Å². The van der Waals surface area contributed by atoms with Gasteiger partial charge in [-0.3, -0.25) is 9.88 Å². The predicted molar refractivity (Wildman–Crippen MR) is 71.1 cm³/mol. The van der Waals surface area contributed by atoms with Crippen LogP contribution in [0, 0.1) is 0 Å². The molecule has 1 fully saturated rings. The van der Waals surface area contributed by atoms with Gasteiger partial charge < -0.3 is 9.47 Å². The SMILES string of the molecule is C[C@@H]1[C@@H](Oc2cccnc2)CN1C(=O)OC(C)(C)C. The number of pyridine rings is 1. The second kappa shape index (κ2) is 5.07. The summed E-state index contributed by atoms with van der Waals surface area (Å²) in [5.74, 6) is 0.725. The molecule has 0 N–H and O–H groups in total. The predicted octanol–water partition coefficient (Wildman–Crippen LogP) is 2.47. The van der Waals surface area contributed by atoms with Crippen LogP contribution in [0.2, 0.25) is 0 Å². The first-order chi connectivity index (χ1) is 8.87. The van der Waals surface area contributed by atoms with Crippen LogP contribution in [0.1, 0.15) is 27.7 Å². The maximum atomic E-state index is 11.9. The molecule has 0 aliphatic carbocycles. The lowest BCUT2D eigenvalue weighted by molar-refractivity contribution is -0.0537. The van der Waals surface area contributed by atoms with Crippen molar-refractivity contribution in [1.29, 1.82) is 0 Å². The van der Waals surface area contributed by atoms with Gasteiger partial charge in [0, 0.05) is 6.20 Å². The minimum Gasteiger partial charge on any atom is -0.485 e. The first kappa shape index (κ1) is 13.6. The van der Waals surface area contributed by atoms with Crippen molar-refractivity contribution in [2.24, 2.45) is 0 Å². The number of ether oxygens (including phenoxy) is 2. The Kier molecular flexibility index (Phi) is 3.64. The largest absolute Gasteiger partial charge is 0.485 e. The zero-order valence-corrected chi connectivity index (χ0v) is 11.8. The van der Waals surface area contributed by atoms with Crippen LogP contribution in [-0.4, -0.2) is 40.3 Å². The third-order valence-corrected chi connectivity index (χ3v) is 2.96. The van der Waals surface area contributed by atoms with Crippen LogP contribution in [-0.2, 0) is 4.74 Å². The number of amides is 1. The van der Waals surface area contributed by atoms with Gasteiger partial charge in [0.2, 0.25) is 0 Å². The normalized spacial score (nSPS) is 22.6. The van der Waals surface area contributed by atoms with Gasteiger partial charge in [-0.05, 0) is 39.8 Å². The van der Waals surface area contributed by atoms with Gasteiger partial charge in [-0.1, -0.05) is 0 Å². The fourth-order valence-corrected chi connectivity index (χ4v) is 1.86. The van der Waals surface area contributed by atoms with Gasteiger partial charge in [-0.15, -0.1) is 0 Å². The van der Waals surface area contributed by atoms with Crippen LogP contribution in [0.5, 0.6) is 5.75 Å². The van der Waals surface area contributed by atoms with Crippen molar-refractivity contribution in [1.82, 2.24) is 9.88 Å². The van der Waals surface area contributed by atoms with Gasteiger partial charge in [0.25, 0.3) is 0 Å². The Hall–Kier alpha value is -1.78. The Morgan fingerprint density at radius 1 is 1.47 bits per heavy atom. The Bertz CT molecular complexity index is 442. The van der Waals surface area contributed by atoms with Crippen molar-refractivity contribution in [3.8, 4) is 5.75 Å². The number of carbonyl (C=O) groups is 1. The molecule has 0 spiro atoms. The molecule has 1 aromatic heterocycles. The Labute approximate surface area is 113 Å². The van der Waals surface area contributed by atoms with Crippen LogP contribution in [0.15, 0.2) is 24.5 Å². The summed E-state index contributed by atoms with van der Waals surface area (Å²) in [7, 11) is 0. The van der Waals surface area contributed by atoms with E-state index in [1.807, 2.05) is 39.8 Å². The van der Waals surface area contributed by atoms with Gasteiger partial charge >= 0.3 is 6.09 Å². The lowest BCUT2D eigenvalue weighted by Gasteiger charge is -2.45. The molecule has 1 aromatic rings. The lowest BCUT2D eigenvalue weighted by atomic mass is 10.0. The molecule has 1 aliphatic heterocycles. The molecule has 5 nitrogen and oxygen atoms in total. The van der Waals surface area contributed by atoms with Crippen LogP contribution in [0.3, 0.4) is 0 Å². The van der Waals surface area contributed by atoms with Crippen molar-refractivity contribution in [2.45, 2.75) is 45.4 Å². The summed E-state index contributed by atoms with van der Waals surface area (Å²) in [6.07, 6.45) is 3.08. The Balaban J connectivity index is 1.86. The number of hydrogen-bond donors (Lipinski definition) is 0. The van der Waals surface area contributed by atoms with E-state index in [1.54, 1.807) is 17.3 Å². The highest BCUT2D eigenvalue weighted by molar-refractivity contribution is 5.70. The van der Waals surface area contributed by atoms with E-state index in [4.69, 9.17) is 9.47 Å². The second-order valence-corrected chi connectivity index (χ2v) is 5.72. The molecule has 1 aliphatic rings. The summed E-state index contributed by atoms with van der Waals surface area (Å²) in [4.78, 5) is 17.6. The molecule has 2 heterocycles. The second-order valence-electron chi connectivity index (χ2n) is 5.72. The van der Waals surface area contributed by atoms with E-state index < -0.39 is 5.60 Å². The third-order valence-electron chi connectivity index (χ3n) is 2.96. The van der Waals surface area contributed by atoms with Crippen LogP contribution >= 0.6 is 0 Å². The summed E-state index contributed by atoms with van der Waals surface area (Å²) in [6, 6.07) is 3.69. The van der Waals surface area contributed by atoms with Crippen molar-refractivity contribution in [3.63, 3.8) is 0 Å². The summed E-state index contributed by atoms with van der Waals surface area (Å²) in [5, 5.41) is 0. The molecule has 19 heavy (non-hydrogen) atoms. The molecule has 0 radical (unpaired) electrons. The quantitative estimate of drug-likeness (QED) is 0.823. The fraction of sp³-hybridized carbons (Fsp3) is 0.571. The minimum atomic E-state index is -0.466. The molecule has 1 amide bonds. The zero-order valence-electron chi connectivity index (χ0n) is 11.8. The summed E-state index contributed by atoms with van der Waals surface area (Å²) >= 11 is 0. The van der Waals surface area contributed by atoms with Gasteiger partial charge in [0.15, 0.2) is 0 Å². The van der Waals surface area contributed by atoms with Crippen LogP contribution in [0.4, 0.5) is 4.79 Å². The smallest absolute Gasteiger partial charge is 0.410 e. The minimum absolute atomic E-state index is 0.00304. The molecule has 2 rings (SSSR count). The average Bonchev–Trinajstić information content (AvgIpc) is 2.32. The van der Waals surface area contributed by atoms with E-state index in [-0.39, 0.29) is 18.2 Å². The molecule has 0 aromatic carbocycles. The molecule has 104 valence electrons. The van der Waals surface area contributed by atoms with Crippen LogP contribution in [0.25, 0.3) is 0 Å². The first-order valence-corrected chi connectivity index (χ1v) is 6.43. The van der Waals surface area contributed by atoms with Gasteiger partial charge in [-0.25, -0.2) is 4.79 Å². The average molecular weight is 264 g/mol. The molecule has 5 heteroatoms. The van der Waals surface area contributed by atoms with Crippen molar-refractivity contribution < 1.29 is 14.3 Å². The standard InChI is InChI=1S/C14H20N2O3/c1-10-12(18-11-6-5-7-15-8-11)9-16(10)13(17)19-14(2,3)4/h5-8,10,12H,9H2,1-4H3/t10-,12+/m1/s1. The number of aromatic nitrogens is 1. The topological polar surface area (TPSA) is 51.7 Å². The molecule has 1 saturated heterocycles. The number of nitrogens with zero attached hydrogens (tertiary/aromatic N) is 2. The number of likely N-dealkylation sites (tertiary alicyclic amines) is 1. The summed E-state index contributed by atoms with van der Waals surface area (Å²) in [5.41, 5.74) is -0.466. The summed E-state index contributed by atoms with van der Waals surface area (Å²) < 4.78 is 11.1. The van der Waals surface area contributed by atoms with Crippen LogP contribution < -0.4 is 4.74 Å². The maximum Gasteiger partial charge on any atom is 0.410 e.